The monoisotopic (exact) mass is 414 g/mol. The molecule has 0 aromatic heterocycles. The Labute approximate surface area is 172 Å². The van der Waals surface area contributed by atoms with E-state index in [9.17, 15) is 14.4 Å². The van der Waals surface area contributed by atoms with E-state index in [0.29, 0.717) is 28.8 Å². The molecule has 0 bridgehead atoms. The number of halogens is 1. The van der Waals surface area contributed by atoms with Gasteiger partial charge in [0.15, 0.2) is 6.61 Å². The standard InChI is InChI=1S/C21H19ClN2O5/c1-2-28-21(27)10-5-14-3-7-16(8-4-14)23-19(25)12-24-17-11-15(22)6-9-18(17)29-13-20(24)26/h3-11H,2,12-13H2,1H3,(H,23,25)/b10-5+. The van der Waals surface area contributed by atoms with Crippen LogP contribution in [0.5, 0.6) is 5.75 Å². The van der Waals surface area contributed by atoms with Crippen molar-refractivity contribution in [2.75, 3.05) is 30.0 Å². The zero-order valence-electron chi connectivity index (χ0n) is 15.7. The third-order valence-corrected chi connectivity index (χ3v) is 4.29. The zero-order valence-corrected chi connectivity index (χ0v) is 16.4. The van der Waals surface area contributed by atoms with Crippen LogP contribution in [-0.4, -0.2) is 37.5 Å². The van der Waals surface area contributed by atoms with Gasteiger partial charge < -0.3 is 14.8 Å². The van der Waals surface area contributed by atoms with Gasteiger partial charge in [0.25, 0.3) is 5.91 Å². The first-order chi connectivity index (χ1) is 14.0. The average molecular weight is 415 g/mol. The van der Waals surface area contributed by atoms with Crippen molar-refractivity contribution in [3.05, 3.63) is 59.1 Å². The minimum Gasteiger partial charge on any atom is -0.482 e. The first kappa shape index (κ1) is 20.4. The average Bonchev–Trinajstić information content (AvgIpc) is 2.70. The third-order valence-electron chi connectivity index (χ3n) is 4.06. The first-order valence-electron chi connectivity index (χ1n) is 8.93. The van der Waals surface area contributed by atoms with E-state index in [2.05, 4.69) is 5.32 Å². The molecule has 0 fully saturated rings. The molecule has 0 saturated heterocycles. The molecule has 0 unspecified atom stereocenters. The lowest BCUT2D eigenvalue weighted by Gasteiger charge is -2.29. The van der Waals surface area contributed by atoms with Crippen molar-refractivity contribution in [2.45, 2.75) is 6.92 Å². The number of rotatable bonds is 6. The number of carbonyl (C=O) groups is 3. The maximum Gasteiger partial charge on any atom is 0.330 e. The minimum absolute atomic E-state index is 0.136. The summed E-state index contributed by atoms with van der Waals surface area (Å²) in [6.45, 7) is 1.75. The van der Waals surface area contributed by atoms with Crippen molar-refractivity contribution < 1.29 is 23.9 Å². The highest BCUT2D eigenvalue weighted by atomic mass is 35.5. The van der Waals surface area contributed by atoms with Crippen LogP contribution in [0.3, 0.4) is 0 Å². The van der Waals surface area contributed by atoms with Crippen molar-refractivity contribution in [3.63, 3.8) is 0 Å². The molecular formula is C21H19ClN2O5. The van der Waals surface area contributed by atoms with Gasteiger partial charge in [-0.1, -0.05) is 23.7 Å². The van der Waals surface area contributed by atoms with E-state index in [1.807, 2.05) is 0 Å². The normalized spacial score (nSPS) is 13.0. The van der Waals surface area contributed by atoms with Gasteiger partial charge in [0, 0.05) is 16.8 Å². The Hall–Kier alpha value is -3.32. The van der Waals surface area contributed by atoms with Gasteiger partial charge in [-0.3, -0.25) is 14.5 Å². The molecule has 1 N–H and O–H groups in total. The van der Waals surface area contributed by atoms with Crippen molar-refractivity contribution in [1.29, 1.82) is 0 Å². The van der Waals surface area contributed by atoms with Crippen molar-refractivity contribution in [2.24, 2.45) is 0 Å². The smallest absolute Gasteiger partial charge is 0.330 e. The molecule has 1 aliphatic rings. The molecule has 0 aliphatic carbocycles. The Bertz CT molecular complexity index is 956. The number of esters is 1. The van der Waals surface area contributed by atoms with E-state index in [1.54, 1.807) is 55.5 Å². The van der Waals surface area contributed by atoms with Gasteiger partial charge in [0.05, 0.1) is 12.3 Å². The predicted octanol–water partition coefficient (Wildman–Crippen LogP) is 3.28. The van der Waals surface area contributed by atoms with Gasteiger partial charge in [0.1, 0.15) is 12.3 Å². The van der Waals surface area contributed by atoms with Crippen LogP contribution in [0.15, 0.2) is 48.5 Å². The molecule has 1 aliphatic heterocycles. The third kappa shape index (κ3) is 5.36. The summed E-state index contributed by atoms with van der Waals surface area (Å²) in [4.78, 5) is 37.3. The second-order valence-electron chi connectivity index (χ2n) is 6.14. The Morgan fingerprint density at radius 1 is 1.24 bits per heavy atom. The molecule has 7 nitrogen and oxygen atoms in total. The maximum atomic E-state index is 12.4. The lowest BCUT2D eigenvalue weighted by atomic mass is 10.2. The number of fused-ring (bicyclic) bond motifs is 1. The van der Waals surface area contributed by atoms with Crippen molar-refractivity contribution in [1.82, 2.24) is 0 Å². The molecule has 1 heterocycles. The molecule has 2 aromatic carbocycles. The minimum atomic E-state index is -0.416. The van der Waals surface area contributed by atoms with Gasteiger partial charge in [-0.15, -0.1) is 0 Å². The lowest BCUT2D eigenvalue weighted by molar-refractivity contribution is -0.137. The van der Waals surface area contributed by atoms with E-state index in [4.69, 9.17) is 21.1 Å². The largest absolute Gasteiger partial charge is 0.482 e. The molecular weight excluding hydrogens is 396 g/mol. The molecule has 0 spiro atoms. The Kier molecular flexibility index (Phi) is 6.51. The summed E-state index contributed by atoms with van der Waals surface area (Å²) >= 11 is 6.01. The second-order valence-corrected chi connectivity index (χ2v) is 6.57. The van der Waals surface area contributed by atoms with Gasteiger partial charge >= 0.3 is 5.97 Å². The molecule has 2 aromatic rings. The van der Waals surface area contributed by atoms with E-state index in [0.717, 1.165) is 5.56 Å². The number of benzene rings is 2. The number of nitrogens with one attached hydrogen (secondary N) is 1. The summed E-state index contributed by atoms with van der Waals surface area (Å²) < 4.78 is 10.2. The number of nitrogens with zero attached hydrogens (tertiary/aromatic N) is 1. The topological polar surface area (TPSA) is 84.9 Å². The van der Waals surface area contributed by atoms with Crippen LogP contribution in [0, 0.1) is 0 Å². The van der Waals surface area contributed by atoms with E-state index in [1.165, 1.54) is 11.0 Å². The summed E-state index contributed by atoms with van der Waals surface area (Å²) in [7, 11) is 0. The second kappa shape index (κ2) is 9.25. The summed E-state index contributed by atoms with van der Waals surface area (Å²) in [6, 6.07) is 11.8. The van der Waals surface area contributed by atoms with Crippen LogP contribution in [0.25, 0.3) is 6.08 Å². The number of hydrogen-bond donors (Lipinski definition) is 1. The van der Waals surface area contributed by atoms with Crippen LogP contribution in [0.1, 0.15) is 12.5 Å². The Morgan fingerprint density at radius 3 is 2.72 bits per heavy atom. The molecule has 0 radical (unpaired) electrons. The summed E-state index contributed by atoms with van der Waals surface area (Å²) in [6.07, 6.45) is 2.96. The molecule has 150 valence electrons. The molecule has 0 saturated carbocycles. The van der Waals surface area contributed by atoms with Gasteiger partial charge in [-0.25, -0.2) is 4.79 Å². The first-order valence-corrected chi connectivity index (χ1v) is 9.31. The number of hydrogen-bond acceptors (Lipinski definition) is 5. The Balaban J connectivity index is 1.63. The summed E-state index contributed by atoms with van der Waals surface area (Å²) in [5, 5.41) is 3.19. The van der Waals surface area contributed by atoms with E-state index in [-0.39, 0.29) is 25.0 Å². The molecule has 2 amide bonds. The lowest BCUT2D eigenvalue weighted by Crippen LogP contribution is -2.43. The molecule has 8 heteroatoms. The highest BCUT2D eigenvalue weighted by molar-refractivity contribution is 6.31. The fraction of sp³-hybridized carbons (Fsp3) is 0.190. The summed E-state index contributed by atoms with van der Waals surface area (Å²) in [5.74, 6) is -0.602. The maximum absolute atomic E-state index is 12.4. The van der Waals surface area contributed by atoms with E-state index >= 15 is 0 Å². The van der Waals surface area contributed by atoms with Gasteiger partial charge in [0.2, 0.25) is 5.91 Å². The molecule has 3 rings (SSSR count). The summed E-state index contributed by atoms with van der Waals surface area (Å²) in [5.41, 5.74) is 1.81. The fourth-order valence-electron chi connectivity index (χ4n) is 2.72. The quantitative estimate of drug-likeness (QED) is 0.579. The van der Waals surface area contributed by atoms with Crippen LogP contribution in [-0.2, 0) is 19.1 Å². The zero-order chi connectivity index (χ0) is 20.8. The highest BCUT2D eigenvalue weighted by Gasteiger charge is 2.27. The number of anilines is 2. The number of amides is 2. The van der Waals surface area contributed by atoms with E-state index < -0.39 is 5.97 Å². The van der Waals surface area contributed by atoms with Crippen LogP contribution < -0.4 is 15.0 Å². The Morgan fingerprint density at radius 2 is 2.00 bits per heavy atom. The molecule has 29 heavy (non-hydrogen) atoms. The highest BCUT2D eigenvalue weighted by Crippen LogP contribution is 2.34. The number of ether oxygens (including phenoxy) is 2. The fourth-order valence-corrected chi connectivity index (χ4v) is 2.89. The van der Waals surface area contributed by atoms with Crippen LogP contribution in [0.4, 0.5) is 11.4 Å². The van der Waals surface area contributed by atoms with Crippen LogP contribution in [0.2, 0.25) is 5.02 Å². The van der Waals surface area contributed by atoms with Crippen molar-refractivity contribution in [3.8, 4) is 5.75 Å². The van der Waals surface area contributed by atoms with Gasteiger partial charge in [-0.2, -0.15) is 0 Å². The number of carbonyl (C=O) groups excluding carboxylic acids is 3. The van der Waals surface area contributed by atoms with Crippen LogP contribution >= 0.6 is 11.6 Å². The van der Waals surface area contributed by atoms with Crippen molar-refractivity contribution >= 4 is 46.8 Å². The predicted molar refractivity (Wildman–Crippen MR) is 110 cm³/mol. The molecule has 0 atom stereocenters. The van der Waals surface area contributed by atoms with Gasteiger partial charge in [-0.05, 0) is 48.9 Å². The SMILES string of the molecule is CCOC(=O)/C=C/c1ccc(NC(=O)CN2C(=O)COc3ccc(Cl)cc32)cc1.